The first-order chi connectivity index (χ1) is 9.37. The third-order valence-electron chi connectivity index (χ3n) is 2.70. The van der Waals surface area contributed by atoms with Gasteiger partial charge in [-0.3, -0.25) is 4.52 Å². The first kappa shape index (κ1) is 22.4. The van der Waals surface area contributed by atoms with E-state index < -0.39 is 7.82 Å². The second kappa shape index (κ2) is 15.5. The summed E-state index contributed by atoms with van der Waals surface area (Å²) in [6, 6.07) is 0. The zero-order valence-electron chi connectivity index (χ0n) is 13.6. The molecule has 124 valence electrons. The van der Waals surface area contributed by atoms with Crippen molar-refractivity contribution in [2.24, 2.45) is 0 Å². The van der Waals surface area contributed by atoms with E-state index in [1.54, 1.807) is 6.92 Å². The summed E-state index contributed by atoms with van der Waals surface area (Å²) in [5.41, 5.74) is 0. The number of nitrogens with one attached hydrogen (secondary N) is 1. The molecule has 0 radical (unpaired) electrons. The van der Waals surface area contributed by atoms with Gasteiger partial charge in [-0.05, 0) is 39.3 Å². The summed E-state index contributed by atoms with van der Waals surface area (Å²) in [7, 11) is -4.26. The van der Waals surface area contributed by atoms with Gasteiger partial charge in [0.2, 0.25) is 0 Å². The Morgan fingerprint density at radius 3 is 1.80 bits per heavy atom. The van der Waals surface area contributed by atoms with Crippen LogP contribution >= 0.6 is 7.82 Å². The van der Waals surface area contributed by atoms with E-state index in [1.165, 1.54) is 38.8 Å². The van der Waals surface area contributed by atoms with Crippen LogP contribution in [0.5, 0.6) is 0 Å². The third-order valence-corrected chi connectivity index (χ3v) is 3.33. The van der Waals surface area contributed by atoms with E-state index in [1.807, 2.05) is 6.92 Å². The van der Waals surface area contributed by atoms with Crippen molar-refractivity contribution < 1.29 is 18.9 Å². The maximum Gasteiger partial charge on any atom is 0.469 e. The molecule has 0 saturated carbocycles. The van der Waals surface area contributed by atoms with Gasteiger partial charge < -0.3 is 15.1 Å². The number of rotatable bonds is 11. The van der Waals surface area contributed by atoms with E-state index in [-0.39, 0.29) is 6.10 Å². The maximum absolute atomic E-state index is 10.3. The Bertz CT molecular complexity index is 227. The summed E-state index contributed by atoms with van der Waals surface area (Å²) in [5.74, 6) is 0. The first-order valence-electron chi connectivity index (χ1n) is 7.81. The van der Waals surface area contributed by atoms with Gasteiger partial charge in [0.1, 0.15) is 0 Å². The molecular weight excluding hydrogens is 277 g/mol. The van der Waals surface area contributed by atoms with Crippen LogP contribution in [0.4, 0.5) is 0 Å². The van der Waals surface area contributed by atoms with Crippen LogP contribution in [0.3, 0.4) is 0 Å². The van der Waals surface area contributed by atoms with Gasteiger partial charge in [0, 0.05) is 0 Å². The van der Waals surface area contributed by atoms with Crippen molar-refractivity contribution in [2.45, 2.75) is 78.7 Å². The number of hydrogen-bond acceptors (Lipinski definition) is 3. The van der Waals surface area contributed by atoms with E-state index in [4.69, 9.17) is 9.79 Å². The summed E-state index contributed by atoms with van der Waals surface area (Å²) in [4.78, 5) is 16.8. The number of phosphoric ester groups is 1. The molecule has 0 fully saturated rings. The van der Waals surface area contributed by atoms with E-state index in [0.29, 0.717) is 6.42 Å². The van der Waals surface area contributed by atoms with Crippen molar-refractivity contribution in [3.05, 3.63) is 0 Å². The minimum absolute atomic E-state index is 0.351. The molecule has 0 bridgehead atoms. The lowest BCUT2D eigenvalue weighted by atomic mass is 10.2. The predicted octanol–water partition coefficient (Wildman–Crippen LogP) is 3.85. The lowest BCUT2D eigenvalue weighted by molar-refractivity contribution is 0.137. The zero-order valence-corrected chi connectivity index (χ0v) is 14.5. The minimum Gasteiger partial charge on any atom is -0.317 e. The van der Waals surface area contributed by atoms with Gasteiger partial charge in [0.05, 0.1) is 6.10 Å². The van der Waals surface area contributed by atoms with Crippen LogP contribution in [0.2, 0.25) is 0 Å². The molecule has 0 aliphatic rings. The van der Waals surface area contributed by atoms with Crippen LogP contribution in [0, 0.1) is 0 Å². The fourth-order valence-corrected chi connectivity index (χ4v) is 2.08. The van der Waals surface area contributed by atoms with Crippen molar-refractivity contribution >= 4 is 7.82 Å². The highest BCUT2D eigenvalue weighted by Crippen LogP contribution is 2.38. The smallest absolute Gasteiger partial charge is 0.317 e. The minimum atomic E-state index is -4.26. The average Bonchev–Trinajstić information content (AvgIpc) is 2.35. The second-order valence-corrected chi connectivity index (χ2v) is 6.20. The lowest BCUT2D eigenvalue weighted by Crippen LogP contribution is -2.15. The van der Waals surface area contributed by atoms with E-state index in [2.05, 4.69) is 23.7 Å². The summed E-state index contributed by atoms with van der Waals surface area (Å²) >= 11 is 0. The molecule has 0 aromatic heterocycles. The Balaban J connectivity index is 0. The molecule has 1 atom stereocenters. The summed E-state index contributed by atoms with van der Waals surface area (Å²) in [6.45, 7) is 10.5. The van der Waals surface area contributed by atoms with Crippen LogP contribution in [-0.4, -0.2) is 29.0 Å². The predicted molar refractivity (Wildman–Crippen MR) is 84.8 cm³/mol. The lowest BCUT2D eigenvalue weighted by Gasteiger charge is -2.12. The number of phosphoric acid groups is 1. The van der Waals surface area contributed by atoms with Crippen molar-refractivity contribution in [3.63, 3.8) is 0 Å². The monoisotopic (exact) mass is 311 g/mol. The van der Waals surface area contributed by atoms with Gasteiger partial charge in [-0.2, -0.15) is 0 Å². The second-order valence-electron chi connectivity index (χ2n) is 5.01. The van der Waals surface area contributed by atoms with Gasteiger partial charge in [0.25, 0.3) is 0 Å². The van der Waals surface area contributed by atoms with Crippen LogP contribution in [0.1, 0.15) is 72.6 Å². The molecule has 3 N–H and O–H groups in total. The molecule has 6 heteroatoms. The highest BCUT2D eigenvalue weighted by atomic mass is 31.2. The highest BCUT2D eigenvalue weighted by Gasteiger charge is 2.17. The largest absolute Gasteiger partial charge is 0.469 e. The molecule has 0 amide bonds. The molecule has 0 rings (SSSR count). The Labute approximate surface area is 124 Å². The van der Waals surface area contributed by atoms with Crippen LogP contribution in [-0.2, 0) is 9.09 Å². The molecule has 0 aliphatic heterocycles. The van der Waals surface area contributed by atoms with Gasteiger partial charge >= 0.3 is 7.82 Å². The van der Waals surface area contributed by atoms with Gasteiger partial charge in [-0.1, -0.05) is 46.5 Å². The number of unbranched alkanes of at least 4 members (excludes halogenated alkanes) is 3. The van der Waals surface area contributed by atoms with Crippen LogP contribution < -0.4 is 5.32 Å². The topological polar surface area (TPSA) is 78.8 Å². The zero-order chi connectivity index (χ0) is 15.9. The standard InChI is InChI=1S/C8H19N.C6H15O4P/c1-3-5-7-9-8-6-4-2;1-3-4-5-6(2)10-11(7,8)9/h9H,3-8H2,1-2H3;6H,3-5H2,1-2H3,(H2,7,8,9). The molecule has 0 heterocycles. The van der Waals surface area contributed by atoms with Crippen LogP contribution in [0.25, 0.3) is 0 Å². The quantitative estimate of drug-likeness (QED) is 0.399. The van der Waals surface area contributed by atoms with E-state index in [0.717, 1.165) is 12.8 Å². The van der Waals surface area contributed by atoms with Crippen LogP contribution in [0.15, 0.2) is 0 Å². The molecule has 0 aromatic carbocycles. The van der Waals surface area contributed by atoms with Gasteiger partial charge in [-0.25, -0.2) is 4.57 Å². The van der Waals surface area contributed by atoms with Crippen molar-refractivity contribution in [1.82, 2.24) is 5.32 Å². The normalized spacial score (nSPS) is 12.7. The van der Waals surface area contributed by atoms with Gasteiger partial charge in [-0.15, -0.1) is 0 Å². The van der Waals surface area contributed by atoms with Crippen molar-refractivity contribution in [1.29, 1.82) is 0 Å². The van der Waals surface area contributed by atoms with E-state index in [9.17, 15) is 4.57 Å². The molecule has 20 heavy (non-hydrogen) atoms. The molecule has 1 unspecified atom stereocenters. The summed E-state index contributed by atoms with van der Waals surface area (Å²) in [5, 5.41) is 3.39. The molecule has 0 aliphatic carbocycles. The maximum atomic E-state index is 10.3. The SMILES string of the molecule is CCCCC(C)OP(=O)(O)O.CCCCNCCCC. The highest BCUT2D eigenvalue weighted by molar-refractivity contribution is 7.46. The molecule has 0 spiro atoms. The Morgan fingerprint density at radius 1 is 1.00 bits per heavy atom. The molecule has 0 saturated heterocycles. The molecular formula is C14H34NO4P. The fourth-order valence-electron chi connectivity index (χ4n) is 1.51. The summed E-state index contributed by atoms with van der Waals surface area (Å²) < 4.78 is 14.7. The first-order valence-corrected chi connectivity index (χ1v) is 9.35. The van der Waals surface area contributed by atoms with Gasteiger partial charge in [0.15, 0.2) is 0 Å². The number of hydrogen-bond donors (Lipinski definition) is 3. The Morgan fingerprint density at radius 2 is 1.45 bits per heavy atom. The average molecular weight is 311 g/mol. The van der Waals surface area contributed by atoms with Crippen molar-refractivity contribution in [2.75, 3.05) is 13.1 Å². The Kier molecular flexibility index (Phi) is 17.3. The Hall–Kier alpha value is 0.0700. The summed E-state index contributed by atoms with van der Waals surface area (Å²) in [6.07, 6.45) is 7.54. The van der Waals surface area contributed by atoms with Crippen molar-refractivity contribution in [3.8, 4) is 0 Å². The third kappa shape index (κ3) is 23.2. The molecule has 5 nitrogen and oxygen atoms in total. The van der Waals surface area contributed by atoms with E-state index >= 15 is 0 Å². The fraction of sp³-hybridized carbons (Fsp3) is 1.00. The molecule has 0 aromatic rings.